The maximum atomic E-state index is 11.8. The van der Waals surface area contributed by atoms with Gasteiger partial charge in [0.2, 0.25) is 0 Å². The number of aromatic carboxylic acids is 2. The topological polar surface area (TPSA) is 164 Å². The fourth-order valence-electron chi connectivity index (χ4n) is 1.75. The molecule has 0 amide bonds. The zero-order valence-corrected chi connectivity index (χ0v) is 14.4. The zero-order chi connectivity index (χ0) is 14.9. The van der Waals surface area contributed by atoms with E-state index in [0.29, 0.717) is 4.57 Å². The molecule has 1 heterocycles. The van der Waals surface area contributed by atoms with Crippen molar-refractivity contribution in [3.8, 4) is 5.69 Å². The second-order valence-electron chi connectivity index (χ2n) is 3.75. The molecule has 0 unspecified atom stereocenters. The Hall–Kier alpha value is -1.56. The van der Waals surface area contributed by atoms with Crippen LogP contribution in [0.3, 0.4) is 0 Å². The van der Waals surface area contributed by atoms with Crippen molar-refractivity contribution < 1.29 is 76.7 Å². The fraction of sp³-hybridized carbons (Fsp3) is 0. The van der Waals surface area contributed by atoms with E-state index >= 15 is 0 Å². The number of nitrogens with one attached hydrogen (secondary N) is 1. The Labute approximate surface area is 165 Å². The number of H-pyrrole nitrogens is 1. The number of para-hydroxylation sites is 1. The number of carboxylic acids is 2. The van der Waals surface area contributed by atoms with Gasteiger partial charge in [0.15, 0.2) is 5.56 Å². The Bertz CT molecular complexity index is 810. The van der Waals surface area contributed by atoms with Crippen LogP contribution in [-0.2, 0) is 0 Å². The minimum Gasteiger partial charge on any atom is -0.543 e. The number of hydrogen-bond donors (Lipinski definition) is 2. The summed E-state index contributed by atoms with van der Waals surface area (Å²) in [5, 5.41) is 20.1. The first-order valence-electron chi connectivity index (χ1n) is 5.33. The van der Waals surface area contributed by atoms with Crippen molar-refractivity contribution in [1.82, 2.24) is 9.55 Å². The molecule has 110 valence electrons. The number of carboxylic acid groups (broad SMARTS) is 2. The molecule has 0 aliphatic carbocycles. The van der Waals surface area contributed by atoms with Gasteiger partial charge in [-0.05, 0) is 12.1 Å². The average molecular weight is 332 g/mol. The van der Waals surface area contributed by atoms with Gasteiger partial charge in [0, 0.05) is 0 Å². The van der Waals surface area contributed by atoms with Crippen molar-refractivity contribution >= 4 is 11.9 Å². The van der Waals surface area contributed by atoms with Crippen molar-refractivity contribution in [2.75, 3.05) is 0 Å². The van der Waals surface area contributed by atoms with Crippen LogP contribution in [0.25, 0.3) is 5.69 Å². The van der Waals surface area contributed by atoms with E-state index in [-0.39, 0.29) is 62.5 Å². The number of benzene rings is 1. The van der Waals surface area contributed by atoms with Crippen LogP contribution >= 0.6 is 0 Å². The predicted octanol–water partition coefficient (Wildman–Crippen LogP) is -5.23. The molecule has 0 aliphatic rings. The van der Waals surface area contributed by atoms with E-state index < -0.39 is 34.4 Å². The van der Waals surface area contributed by atoms with Crippen molar-refractivity contribution in [3.05, 3.63) is 62.4 Å². The summed E-state index contributed by atoms with van der Waals surface area (Å²) in [5.74, 6) is -3.70. The van der Waals surface area contributed by atoms with Gasteiger partial charge in [-0.1, -0.05) is 18.2 Å². The third kappa shape index (κ3) is 3.79. The molecular formula is C12H9KN2O7. The summed E-state index contributed by atoms with van der Waals surface area (Å²) in [7, 11) is 0. The summed E-state index contributed by atoms with van der Waals surface area (Å²) in [6.45, 7) is 0. The number of rotatable bonds is 3. The van der Waals surface area contributed by atoms with Gasteiger partial charge in [-0.3, -0.25) is 14.3 Å². The molecule has 10 heteroatoms. The van der Waals surface area contributed by atoms with Crippen molar-refractivity contribution in [3.63, 3.8) is 0 Å². The van der Waals surface area contributed by atoms with Gasteiger partial charge >= 0.3 is 63.0 Å². The monoisotopic (exact) mass is 332 g/mol. The Morgan fingerprint density at radius 1 is 1.14 bits per heavy atom. The molecule has 0 atom stereocenters. The van der Waals surface area contributed by atoms with E-state index in [0.717, 1.165) is 0 Å². The predicted molar refractivity (Wildman–Crippen MR) is 67.6 cm³/mol. The van der Waals surface area contributed by atoms with Crippen molar-refractivity contribution in [1.29, 1.82) is 0 Å². The average Bonchev–Trinajstić information content (AvgIpc) is 2.38. The molecule has 0 saturated heterocycles. The van der Waals surface area contributed by atoms with Crippen molar-refractivity contribution in [2.24, 2.45) is 0 Å². The van der Waals surface area contributed by atoms with Crippen LogP contribution in [-0.4, -0.2) is 32.1 Å². The Morgan fingerprint density at radius 2 is 1.68 bits per heavy atom. The standard InChI is InChI=1S/C12H8N2O6.K.H2O/c15-9-7(10(16)17)8(11(18)19)14(12(20)13-9)6-4-2-1-3-5-6;;/h1-5H,(H,16,17)(H,18,19)(H,13,15,20);;1H2/q;+1;/p-1. The van der Waals surface area contributed by atoms with Gasteiger partial charge in [-0.25, -0.2) is 9.59 Å². The number of nitrogens with zero attached hydrogens (tertiary/aromatic N) is 1. The van der Waals surface area contributed by atoms with Gasteiger partial charge in [-0.15, -0.1) is 0 Å². The molecule has 4 N–H and O–H groups in total. The number of carbonyl (C=O) groups excluding carboxylic acids is 1. The Balaban J connectivity index is 0.00000220. The SMILES string of the molecule is O.O=C(O)c1c(C(=O)[O-])n(-c2ccccc2)c(=O)[nH]c1=O.[K+]. The van der Waals surface area contributed by atoms with E-state index in [1.807, 2.05) is 0 Å². The molecule has 1 aromatic heterocycles. The first-order chi connectivity index (χ1) is 9.43. The molecule has 1 aromatic carbocycles. The summed E-state index contributed by atoms with van der Waals surface area (Å²) in [5.41, 5.74) is -4.33. The quantitative estimate of drug-likeness (QED) is 0.533. The summed E-state index contributed by atoms with van der Waals surface area (Å²) in [6.07, 6.45) is 0. The molecule has 0 spiro atoms. The first-order valence-corrected chi connectivity index (χ1v) is 5.33. The summed E-state index contributed by atoms with van der Waals surface area (Å²) < 4.78 is 0.570. The minimum atomic E-state index is -1.94. The molecule has 0 bridgehead atoms. The number of aromatic amines is 1. The molecule has 2 rings (SSSR count). The first kappa shape index (κ1) is 20.4. The maximum Gasteiger partial charge on any atom is 1.00 e. The van der Waals surface area contributed by atoms with Crippen LogP contribution < -0.4 is 67.7 Å². The molecule has 0 radical (unpaired) electrons. The number of carbonyl (C=O) groups is 2. The van der Waals surface area contributed by atoms with Crippen LogP contribution in [0.1, 0.15) is 20.8 Å². The van der Waals surface area contributed by atoms with Crippen LogP contribution in [0.4, 0.5) is 0 Å². The summed E-state index contributed by atoms with van der Waals surface area (Å²) in [6, 6.07) is 7.44. The second-order valence-corrected chi connectivity index (χ2v) is 3.75. The Kier molecular flexibility index (Phi) is 7.59. The van der Waals surface area contributed by atoms with E-state index in [9.17, 15) is 24.3 Å². The van der Waals surface area contributed by atoms with Crippen LogP contribution in [0, 0.1) is 0 Å². The van der Waals surface area contributed by atoms with Gasteiger partial charge in [0.1, 0.15) is 0 Å². The fourth-order valence-corrected chi connectivity index (χ4v) is 1.75. The van der Waals surface area contributed by atoms with Gasteiger partial charge < -0.3 is 20.5 Å². The number of hydrogen-bond acceptors (Lipinski definition) is 5. The van der Waals surface area contributed by atoms with E-state index in [1.54, 1.807) is 11.1 Å². The van der Waals surface area contributed by atoms with Crippen LogP contribution in [0.5, 0.6) is 0 Å². The third-order valence-electron chi connectivity index (χ3n) is 2.53. The Morgan fingerprint density at radius 3 is 2.14 bits per heavy atom. The van der Waals surface area contributed by atoms with Crippen LogP contribution in [0.2, 0.25) is 0 Å². The van der Waals surface area contributed by atoms with Gasteiger partial charge in [0.25, 0.3) is 5.56 Å². The second kappa shape index (κ2) is 8.17. The molecule has 0 saturated carbocycles. The minimum absolute atomic E-state index is 0. The van der Waals surface area contributed by atoms with Crippen molar-refractivity contribution in [2.45, 2.75) is 0 Å². The molecule has 0 fully saturated rings. The summed E-state index contributed by atoms with van der Waals surface area (Å²) >= 11 is 0. The van der Waals surface area contributed by atoms with E-state index in [4.69, 9.17) is 5.11 Å². The summed E-state index contributed by atoms with van der Waals surface area (Å²) in [4.78, 5) is 47.1. The maximum absolute atomic E-state index is 11.8. The largest absolute Gasteiger partial charge is 1.00 e. The van der Waals surface area contributed by atoms with E-state index in [2.05, 4.69) is 0 Å². The van der Waals surface area contributed by atoms with E-state index in [1.165, 1.54) is 24.3 Å². The van der Waals surface area contributed by atoms with Crippen LogP contribution in [0.15, 0.2) is 39.9 Å². The molecule has 0 aliphatic heterocycles. The zero-order valence-electron chi connectivity index (χ0n) is 11.3. The molecule has 9 nitrogen and oxygen atoms in total. The van der Waals surface area contributed by atoms with Gasteiger partial charge in [0.05, 0.1) is 17.4 Å². The smallest absolute Gasteiger partial charge is 0.543 e. The molecule has 22 heavy (non-hydrogen) atoms. The third-order valence-corrected chi connectivity index (χ3v) is 2.53. The number of aromatic nitrogens is 2. The normalized spacial score (nSPS) is 9.27. The molecular weight excluding hydrogens is 323 g/mol. The van der Waals surface area contributed by atoms with Gasteiger partial charge in [-0.2, -0.15) is 0 Å². The molecule has 2 aromatic rings.